The van der Waals surface area contributed by atoms with Crippen molar-refractivity contribution in [3.8, 4) is 11.5 Å². The summed E-state index contributed by atoms with van der Waals surface area (Å²) >= 11 is 5.94. The van der Waals surface area contributed by atoms with Crippen molar-refractivity contribution in [3.05, 3.63) is 59.1 Å². The quantitative estimate of drug-likeness (QED) is 0.727. The number of hydrogen-bond donors (Lipinski definition) is 2. The maximum absolute atomic E-state index is 12.3. The summed E-state index contributed by atoms with van der Waals surface area (Å²) in [6.45, 7) is 4.24. The first-order valence-corrected chi connectivity index (χ1v) is 8.53. The minimum absolute atomic E-state index is 0.282. The zero-order valence-corrected chi connectivity index (χ0v) is 15.4. The number of carbonyl (C=O) groups is 2. The summed E-state index contributed by atoms with van der Waals surface area (Å²) in [5.41, 5.74) is 4.98. The number of para-hydroxylation sites is 2. The molecule has 0 radical (unpaired) electrons. The standard InChI is InChI=1S/C19H21ClN2O4/c1-13(2)11-25-16-9-5-3-7-14(16)19(24)22-21-18(23)12-26-17-10-6-4-8-15(17)20/h3-10,13H,11-12H2,1-2H3,(H,21,23)(H,22,24). The molecular weight excluding hydrogens is 356 g/mol. The summed E-state index contributed by atoms with van der Waals surface area (Å²) in [6.07, 6.45) is 0. The zero-order chi connectivity index (χ0) is 18.9. The molecule has 2 amide bonds. The Balaban J connectivity index is 1.86. The molecule has 2 aromatic carbocycles. The predicted octanol–water partition coefficient (Wildman–Crippen LogP) is 3.21. The van der Waals surface area contributed by atoms with Crippen molar-refractivity contribution < 1.29 is 19.1 Å². The number of rotatable bonds is 7. The van der Waals surface area contributed by atoms with E-state index in [1.54, 1.807) is 48.5 Å². The van der Waals surface area contributed by atoms with Gasteiger partial charge >= 0.3 is 0 Å². The lowest BCUT2D eigenvalue weighted by Gasteiger charge is -2.13. The lowest BCUT2D eigenvalue weighted by molar-refractivity contribution is -0.123. The van der Waals surface area contributed by atoms with Crippen LogP contribution in [0.15, 0.2) is 48.5 Å². The van der Waals surface area contributed by atoms with Crippen LogP contribution >= 0.6 is 11.6 Å². The third-order valence-corrected chi connectivity index (χ3v) is 3.53. The zero-order valence-electron chi connectivity index (χ0n) is 14.6. The fraction of sp³-hybridized carbons (Fsp3) is 0.263. The number of hydrazine groups is 1. The van der Waals surface area contributed by atoms with E-state index in [1.807, 2.05) is 13.8 Å². The molecule has 6 nitrogen and oxygen atoms in total. The summed E-state index contributed by atoms with van der Waals surface area (Å²) in [7, 11) is 0. The lowest BCUT2D eigenvalue weighted by atomic mass is 10.2. The molecule has 2 rings (SSSR count). The Kier molecular flexibility index (Phi) is 7.29. The maximum Gasteiger partial charge on any atom is 0.276 e. The molecule has 0 aromatic heterocycles. The Labute approximate surface area is 157 Å². The van der Waals surface area contributed by atoms with Gasteiger partial charge in [0.25, 0.3) is 11.8 Å². The largest absolute Gasteiger partial charge is 0.492 e. The van der Waals surface area contributed by atoms with Crippen molar-refractivity contribution in [2.75, 3.05) is 13.2 Å². The molecular formula is C19H21ClN2O4. The minimum atomic E-state index is -0.515. The smallest absolute Gasteiger partial charge is 0.276 e. The van der Waals surface area contributed by atoms with Crippen molar-refractivity contribution in [3.63, 3.8) is 0 Å². The summed E-state index contributed by atoms with van der Waals surface area (Å²) in [6, 6.07) is 13.6. The number of amides is 2. The van der Waals surface area contributed by atoms with Crippen LogP contribution in [0.5, 0.6) is 11.5 Å². The SMILES string of the molecule is CC(C)COc1ccccc1C(=O)NNC(=O)COc1ccccc1Cl. The molecule has 0 unspecified atom stereocenters. The van der Waals surface area contributed by atoms with Crippen LogP contribution < -0.4 is 20.3 Å². The molecule has 2 N–H and O–H groups in total. The van der Waals surface area contributed by atoms with E-state index < -0.39 is 11.8 Å². The normalized spacial score (nSPS) is 10.3. The second-order valence-electron chi connectivity index (χ2n) is 5.92. The van der Waals surface area contributed by atoms with Gasteiger partial charge in [0.05, 0.1) is 17.2 Å². The van der Waals surface area contributed by atoms with E-state index in [-0.39, 0.29) is 6.61 Å². The number of benzene rings is 2. The van der Waals surface area contributed by atoms with Crippen LogP contribution in [0.2, 0.25) is 5.02 Å². The van der Waals surface area contributed by atoms with Crippen molar-refractivity contribution in [2.24, 2.45) is 5.92 Å². The molecule has 0 spiro atoms. The van der Waals surface area contributed by atoms with Crippen molar-refractivity contribution in [1.82, 2.24) is 10.9 Å². The van der Waals surface area contributed by atoms with Gasteiger partial charge in [0.1, 0.15) is 11.5 Å². The van der Waals surface area contributed by atoms with Crippen LogP contribution in [0.4, 0.5) is 0 Å². The number of ether oxygens (including phenoxy) is 2. The van der Waals surface area contributed by atoms with Crippen molar-refractivity contribution >= 4 is 23.4 Å². The number of carbonyl (C=O) groups excluding carboxylic acids is 2. The Morgan fingerprint density at radius 3 is 2.31 bits per heavy atom. The summed E-state index contributed by atoms with van der Waals surface area (Å²) in [5.74, 6) is 0.186. The second-order valence-corrected chi connectivity index (χ2v) is 6.33. The minimum Gasteiger partial charge on any atom is -0.492 e. The summed E-state index contributed by atoms with van der Waals surface area (Å²) < 4.78 is 10.9. The highest BCUT2D eigenvalue weighted by Gasteiger charge is 2.13. The second kappa shape index (κ2) is 9.68. The van der Waals surface area contributed by atoms with Crippen LogP contribution in [0, 0.1) is 5.92 Å². The van der Waals surface area contributed by atoms with Crippen molar-refractivity contribution in [2.45, 2.75) is 13.8 Å². The topological polar surface area (TPSA) is 76.7 Å². The van der Waals surface area contributed by atoms with Gasteiger partial charge in [-0.2, -0.15) is 0 Å². The molecule has 0 aliphatic carbocycles. The molecule has 138 valence electrons. The van der Waals surface area contributed by atoms with Gasteiger partial charge in [-0.3, -0.25) is 20.4 Å². The van der Waals surface area contributed by atoms with Gasteiger partial charge in [-0.25, -0.2) is 0 Å². The van der Waals surface area contributed by atoms with E-state index in [0.29, 0.717) is 34.6 Å². The first-order chi connectivity index (χ1) is 12.5. The van der Waals surface area contributed by atoms with Crippen LogP contribution in [0.1, 0.15) is 24.2 Å². The Morgan fingerprint density at radius 1 is 0.962 bits per heavy atom. The van der Waals surface area contributed by atoms with E-state index in [2.05, 4.69) is 10.9 Å². The van der Waals surface area contributed by atoms with E-state index in [1.165, 1.54) is 0 Å². The van der Waals surface area contributed by atoms with E-state index >= 15 is 0 Å². The van der Waals surface area contributed by atoms with Gasteiger partial charge < -0.3 is 9.47 Å². The molecule has 2 aromatic rings. The third-order valence-electron chi connectivity index (χ3n) is 3.21. The monoisotopic (exact) mass is 376 g/mol. The van der Waals surface area contributed by atoms with Crippen LogP contribution in [-0.2, 0) is 4.79 Å². The fourth-order valence-electron chi connectivity index (χ4n) is 1.97. The highest BCUT2D eigenvalue weighted by Crippen LogP contribution is 2.22. The molecule has 0 atom stereocenters. The molecule has 0 aliphatic rings. The predicted molar refractivity (Wildman–Crippen MR) is 99.3 cm³/mol. The van der Waals surface area contributed by atoms with Gasteiger partial charge in [-0.1, -0.05) is 49.7 Å². The van der Waals surface area contributed by atoms with Crippen LogP contribution in [-0.4, -0.2) is 25.0 Å². The fourth-order valence-corrected chi connectivity index (χ4v) is 2.16. The molecule has 0 fully saturated rings. The van der Waals surface area contributed by atoms with Gasteiger partial charge in [-0.15, -0.1) is 0 Å². The summed E-state index contributed by atoms with van der Waals surface area (Å²) in [5, 5.41) is 0.403. The Morgan fingerprint density at radius 2 is 1.62 bits per heavy atom. The van der Waals surface area contributed by atoms with E-state index in [9.17, 15) is 9.59 Å². The molecule has 0 heterocycles. The first-order valence-electron chi connectivity index (χ1n) is 8.15. The van der Waals surface area contributed by atoms with Gasteiger partial charge in [-0.05, 0) is 30.2 Å². The van der Waals surface area contributed by atoms with Crippen LogP contribution in [0.3, 0.4) is 0 Å². The first kappa shape index (κ1) is 19.6. The average Bonchev–Trinajstić information content (AvgIpc) is 2.64. The Hall–Kier alpha value is -2.73. The highest BCUT2D eigenvalue weighted by atomic mass is 35.5. The van der Waals surface area contributed by atoms with Crippen molar-refractivity contribution in [1.29, 1.82) is 0 Å². The van der Waals surface area contributed by atoms with Gasteiger partial charge in [0, 0.05) is 0 Å². The average molecular weight is 377 g/mol. The Bertz CT molecular complexity index is 765. The van der Waals surface area contributed by atoms with Gasteiger partial charge in [0.15, 0.2) is 6.61 Å². The number of hydrogen-bond acceptors (Lipinski definition) is 4. The number of nitrogens with one attached hydrogen (secondary N) is 2. The van der Waals surface area contributed by atoms with E-state index in [0.717, 1.165) is 0 Å². The maximum atomic E-state index is 12.3. The molecule has 0 saturated heterocycles. The molecule has 7 heteroatoms. The van der Waals surface area contributed by atoms with Crippen LogP contribution in [0.25, 0.3) is 0 Å². The van der Waals surface area contributed by atoms with E-state index in [4.69, 9.17) is 21.1 Å². The molecule has 0 saturated carbocycles. The molecule has 26 heavy (non-hydrogen) atoms. The number of halogens is 1. The third kappa shape index (κ3) is 5.97. The molecule has 0 bridgehead atoms. The summed E-state index contributed by atoms with van der Waals surface area (Å²) in [4.78, 5) is 24.1. The molecule has 0 aliphatic heterocycles. The lowest BCUT2D eigenvalue weighted by Crippen LogP contribution is -2.44. The van der Waals surface area contributed by atoms with Gasteiger partial charge in [0.2, 0.25) is 0 Å². The highest BCUT2D eigenvalue weighted by molar-refractivity contribution is 6.32.